The van der Waals surface area contributed by atoms with Crippen molar-refractivity contribution in [1.82, 2.24) is 4.72 Å². The summed E-state index contributed by atoms with van der Waals surface area (Å²) in [5, 5.41) is 6.94. The van der Waals surface area contributed by atoms with Gasteiger partial charge in [0.25, 0.3) is 10.0 Å². The molecule has 0 unspecified atom stereocenters. The maximum atomic E-state index is 12.4. The second kappa shape index (κ2) is 8.29. The van der Waals surface area contributed by atoms with E-state index in [0.717, 1.165) is 55.3 Å². The summed E-state index contributed by atoms with van der Waals surface area (Å²) in [6.07, 6.45) is 7.52. The largest absolute Gasteiger partial charge is 0.382 e. The monoisotopic (exact) mass is 411 g/mol. The Morgan fingerprint density at radius 2 is 1.62 bits per heavy atom. The minimum atomic E-state index is -3.87. The normalized spacial score (nSPS) is 15.2. The zero-order valence-corrected chi connectivity index (χ0v) is 17.0. The molecular formula is C22H25N3O3S. The Labute approximate surface area is 171 Å². The number of aryl methyl sites for hydroxylation is 2. The van der Waals surface area contributed by atoms with Crippen LogP contribution in [0.5, 0.6) is 0 Å². The third-order valence-corrected chi connectivity index (χ3v) is 6.44. The molecule has 2 aliphatic carbocycles. The lowest BCUT2D eigenvalue weighted by molar-refractivity contribution is 0.256. The lowest BCUT2D eigenvalue weighted by Gasteiger charge is -2.16. The van der Waals surface area contributed by atoms with Crippen LogP contribution in [0.3, 0.4) is 0 Å². The van der Waals surface area contributed by atoms with Crippen molar-refractivity contribution in [3.8, 4) is 0 Å². The molecule has 7 heteroatoms. The number of hydrogen-bond acceptors (Lipinski definition) is 4. The lowest BCUT2D eigenvalue weighted by atomic mass is 9.99. The van der Waals surface area contributed by atoms with Crippen LogP contribution >= 0.6 is 0 Å². The van der Waals surface area contributed by atoms with Crippen LogP contribution in [0.2, 0.25) is 0 Å². The fourth-order valence-electron chi connectivity index (χ4n) is 4.18. The molecule has 3 N–H and O–H groups in total. The van der Waals surface area contributed by atoms with Gasteiger partial charge in [0, 0.05) is 23.3 Å². The number of carbonyl (C=O) groups excluding carboxylic acids is 1. The van der Waals surface area contributed by atoms with Gasteiger partial charge in [0.15, 0.2) is 0 Å². The minimum absolute atomic E-state index is 0.340. The number of carbonyl (C=O) groups is 1. The highest BCUT2D eigenvalue weighted by atomic mass is 32.2. The number of para-hydroxylation sites is 1. The first-order valence-corrected chi connectivity index (χ1v) is 11.5. The summed E-state index contributed by atoms with van der Waals surface area (Å²) in [5.74, 6) is 0. The van der Waals surface area contributed by atoms with Crippen LogP contribution < -0.4 is 15.4 Å². The van der Waals surface area contributed by atoms with Gasteiger partial charge >= 0.3 is 6.03 Å². The van der Waals surface area contributed by atoms with E-state index in [0.29, 0.717) is 6.54 Å². The standard InChI is InChI=1S/C22H25N3O3S/c26-22(25-29(27,28)14-6-13-23-18-9-2-1-3-10-18)24-21-19-11-4-7-16(19)15-17-8-5-12-20(17)21/h1-3,6,9-10,14-15,23H,4-5,7-8,11-13H2,(H2,24,25,26)/b14-6+. The van der Waals surface area contributed by atoms with Crippen molar-refractivity contribution in [2.75, 3.05) is 17.2 Å². The molecule has 0 aliphatic heterocycles. The molecule has 0 saturated heterocycles. The van der Waals surface area contributed by atoms with E-state index in [1.54, 1.807) is 0 Å². The number of benzene rings is 2. The summed E-state index contributed by atoms with van der Waals surface area (Å²) in [5.41, 5.74) is 6.63. The van der Waals surface area contributed by atoms with E-state index < -0.39 is 16.1 Å². The van der Waals surface area contributed by atoms with Crippen LogP contribution in [-0.4, -0.2) is 21.0 Å². The molecule has 2 aromatic carbocycles. The van der Waals surface area contributed by atoms with Crippen molar-refractivity contribution < 1.29 is 13.2 Å². The molecule has 2 amide bonds. The molecule has 29 heavy (non-hydrogen) atoms. The third kappa shape index (κ3) is 4.62. The summed E-state index contributed by atoms with van der Waals surface area (Å²) in [6.45, 7) is 0.340. The Balaban J connectivity index is 1.39. The number of nitrogens with one attached hydrogen (secondary N) is 3. The summed E-state index contributed by atoms with van der Waals surface area (Å²) in [6, 6.07) is 11.0. The van der Waals surface area contributed by atoms with E-state index in [-0.39, 0.29) is 0 Å². The minimum Gasteiger partial charge on any atom is -0.382 e. The molecule has 0 bridgehead atoms. The lowest BCUT2D eigenvalue weighted by Crippen LogP contribution is -2.33. The predicted molar refractivity (Wildman–Crippen MR) is 116 cm³/mol. The summed E-state index contributed by atoms with van der Waals surface area (Å²) >= 11 is 0. The van der Waals surface area contributed by atoms with Crippen molar-refractivity contribution >= 4 is 27.4 Å². The first-order valence-electron chi connectivity index (χ1n) is 9.97. The van der Waals surface area contributed by atoms with Gasteiger partial charge in [0.1, 0.15) is 0 Å². The highest BCUT2D eigenvalue weighted by Crippen LogP contribution is 2.38. The number of rotatable bonds is 6. The first-order chi connectivity index (χ1) is 14.0. The first kappa shape index (κ1) is 19.5. The maximum absolute atomic E-state index is 12.4. The fraction of sp³-hybridized carbons (Fsp3) is 0.318. The number of urea groups is 1. The Morgan fingerprint density at radius 3 is 2.28 bits per heavy atom. The quantitative estimate of drug-likeness (QED) is 0.676. The highest BCUT2D eigenvalue weighted by molar-refractivity contribution is 7.92. The molecule has 0 fully saturated rings. The van der Waals surface area contributed by atoms with Gasteiger partial charge < -0.3 is 10.6 Å². The molecule has 2 aromatic rings. The Hall–Kier alpha value is -2.80. The van der Waals surface area contributed by atoms with Crippen LogP contribution in [0, 0.1) is 0 Å². The van der Waals surface area contributed by atoms with Crippen LogP contribution in [0.1, 0.15) is 35.1 Å². The second-order valence-corrected chi connectivity index (χ2v) is 9.02. The number of sulfonamides is 1. The van der Waals surface area contributed by atoms with E-state index in [9.17, 15) is 13.2 Å². The Bertz CT molecular complexity index is 1010. The topological polar surface area (TPSA) is 87.3 Å². The number of anilines is 2. The van der Waals surface area contributed by atoms with Crippen LogP contribution in [0.4, 0.5) is 16.2 Å². The number of amides is 2. The van der Waals surface area contributed by atoms with Crippen LogP contribution in [0.25, 0.3) is 0 Å². The van der Waals surface area contributed by atoms with Gasteiger partial charge in [-0.15, -0.1) is 0 Å². The molecule has 0 radical (unpaired) electrons. The van der Waals surface area contributed by atoms with E-state index >= 15 is 0 Å². The van der Waals surface area contributed by atoms with Gasteiger partial charge in [-0.3, -0.25) is 0 Å². The predicted octanol–water partition coefficient (Wildman–Crippen LogP) is 3.74. The molecule has 152 valence electrons. The second-order valence-electron chi connectivity index (χ2n) is 7.45. The van der Waals surface area contributed by atoms with Gasteiger partial charge in [-0.1, -0.05) is 30.3 Å². The average Bonchev–Trinajstić information content (AvgIpc) is 3.34. The SMILES string of the molecule is O=C(Nc1c2c(cc3c1CCC3)CCC2)NS(=O)(=O)/C=C/CNc1ccccc1. The molecule has 0 aromatic heterocycles. The fourth-order valence-corrected chi connectivity index (χ4v) is 4.90. The molecule has 0 atom stereocenters. The van der Waals surface area contributed by atoms with Crippen LogP contribution in [-0.2, 0) is 35.7 Å². The average molecular weight is 412 g/mol. The van der Waals surface area contributed by atoms with Crippen molar-refractivity contribution in [2.24, 2.45) is 0 Å². The smallest absolute Gasteiger partial charge is 0.333 e. The van der Waals surface area contributed by atoms with Gasteiger partial charge in [0.2, 0.25) is 0 Å². The maximum Gasteiger partial charge on any atom is 0.333 e. The summed E-state index contributed by atoms with van der Waals surface area (Å²) < 4.78 is 26.5. The molecule has 2 aliphatic rings. The Morgan fingerprint density at radius 1 is 0.966 bits per heavy atom. The van der Waals surface area contributed by atoms with Crippen LogP contribution in [0.15, 0.2) is 47.9 Å². The van der Waals surface area contributed by atoms with Gasteiger partial charge in [-0.2, -0.15) is 0 Å². The van der Waals surface area contributed by atoms with Crippen molar-refractivity contribution in [3.63, 3.8) is 0 Å². The zero-order chi connectivity index (χ0) is 20.3. The van der Waals surface area contributed by atoms with Crippen molar-refractivity contribution in [1.29, 1.82) is 0 Å². The molecule has 6 nitrogen and oxygen atoms in total. The van der Waals surface area contributed by atoms with E-state index in [2.05, 4.69) is 21.4 Å². The highest BCUT2D eigenvalue weighted by Gasteiger charge is 2.25. The number of hydrogen-bond donors (Lipinski definition) is 3. The van der Waals surface area contributed by atoms with Crippen molar-refractivity contribution in [2.45, 2.75) is 38.5 Å². The third-order valence-electron chi connectivity index (χ3n) is 5.42. The molecule has 0 spiro atoms. The Kier molecular flexibility index (Phi) is 5.58. The van der Waals surface area contributed by atoms with E-state index in [1.165, 1.54) is 28.3 Å². The summed E-state index contributed by atoms with van der Waals surface area (Å²) in [7, 11) is -3.87. The van der Waals surface area contributed by atoms with Crippen molar-refractivity contribution in [3.05, 3.63) is 70.1 Å². The van der Waals surface area contributed by atoms with Gasteiger partial charge in [-0.05, 0) is 72.9 Å². The number of fused-ring (bicyclic) bond motifs is 2. The zero-order valence-electron chi connectivity index (χ0n) is 16.2. The van der Waals surface area contributed by atoms with Gasteiger partial charge in [-0.25, -0.2) is 17.9 Å². The molecule has 0 heterocycles. The molecular weight excluding hydrogens is 386 g/mol. The van der Waals surface area contributed by atoms with E-state index in [1.807, 2.05) is 30.3 Å². The van der Waals surface area contributed by atoms with Gasteiger partial charge in [0.05, 0.1) is 0 Å². The summed E-state index contributed by atoms with van der Waals surface area (Å²) in [4.78, 5) is 12.4. The molecule has 4 rings (SSSR count). The van der Waals surface area contributed by atoms with E-state index in [4.69, 9.17) is 0 Å². The molecule has 0 saturated carbocycles.